The Morgan fingerprint density at radius 1 is 1.10 bits per heavy atom. The summed E-state index contributed by atoms with van der Waals surface area (Å²) >= 11 is 1.24. The Morgan fingerprint density at radius 3 is 2.41 bits per heavy atom. The number of anilines is 3. The minimum Gasteiger partial charge on any atom is -0.350 e. The molecule has 2 amide bonds. The summed E-state index contributed by atoms with van der Waals surface area (Å²) in [5, 5.41) is 13.5. The van der Waals surface area contributed by atoms with Gasteiger partial charge in [0.15, 0.2) is 0 Å². The number of aryl methyl sites for hydroxylation is 3. The molecule has 2 heterocycles. The highest BCUT2D eigenvalue weighted by Gasteiger charge is 2.13. The van der Waals surface area contributed by atoms with Crippen molar-refractivity contribution in [3.63, 3.8) is 0 Å². The van der Waals surface area contributed by atoms with E-state index in [0.717, 1.165) is 22.4 Å². The Morgan fingerprint density at radius 2 is 1.83 bits per heavy atom. The lowest BCUT2D eigenvalue weighted by atomic mass is 10.1. The van der Waals surface area contributed by atoms with Crippen LogP contribution < -0.4 is 15.5 Å². The van der Waals surface area contributed by atoms with E-state index in [-0.39, 0.29) is 18.4 Å². The Balaban J connectivity index is 1.61. The molecule has 0 unspecified atom stereocenters. The molecule has 9 heteroatoms. The maximum absolute atomic E-state index is 12.5. The maximum atomic E-state index is 12.5. The van der Waals surface area contributed by atoms with Crippen molar-refractivity contribution in [1.29, 1.82) is 0 Å². The van der Waals surface area contributed by atoms with Crippen molar-refractivity contribution in [1.82, 2.24) is 15.2 Å². The summed E-state index contributed by atoms with van der Waals surface area (Å²) < 4.78 is 0. The number of carbonyl (C=O) groups is 2. The van der Waals surface area contributed by atoms with Gasteiger partial charge in [-0.2, -0.15) is 0 Å². The molecule has 0 fully saturated rings. The van der Waals surface area contributed by atoms with Crippen LogP contribution in [-0.4, -0.2) is 40.6 Å². The van der Waals surface area contributed by atoms with E-state index in [2.05, 4.69) is 25.8 Å². The molecule has 3 rings (SSSR count). The molecule has 2 aromatic heterocycles. The van der Waals surface area contributed by atoms with E-state index in [9.17, 15) is 9.59 Å². The number of benzene rings is 1. The van der Waals surface area contributed by atoms with Crippen LogP contribution in [0.2, 0.25) is 0 Å². The van der Waals surface area contributed by atoms with Crippen molar-refractivity contribution in [3.8, 4) is 0 Å². The van der Waals surface area contributed by atoms with Crippen molar-refractivity contribution in [3.05, 3.63) is 58.2 Å². The van der Waals surface area contributed by atoms with Gasteiger partial charge >= 0.3 is 0 Å². The molecule has 29 heavy (non-hydrogen) atoms. The van der Waals surface area contributed by atoms with Crippen molar-refractivity contribution in [2.45, 2.75) is 20.8 Å². The highest BCUT2D eigenvalue weighted by atomic mass is 32.1. The molecule has 0 aliphatic heterocycles. The second kappa shape index (κ2) is 8.78. The Kier molecular flexibility index (Phi) is 6.18. The Bertz CT molecular complexity index is 995. The van der Waals surface area contributed by atoms with Crippen LogP contribution in [0.25, 0.3) is 0 Å². The summed E-state index contributed by atoms with van der Waals surface area (Å²) in [5.41, 5.74) is 5.99. The van der Waals surface area contributed by atoms with Gasteiger partial charge in [0.05, 0.1) is 12.1 Å². The summed E-state index contributed by atoms with van der Waals surface area (Å²) in [4.78, 5) is 30.7. The molecule has 1 aromatic carbocycles. The van der Waals surface area contributed by atoms with Gasteiger partial charge in [-0.1, -0.05) is 29.0 Å². The van der Waals surface area contributed by atoms with Gasteiger partial charge in [-0.05, 0) is 44.0 Å². The number of likely N-dealkylation sites (N-methyl/N-ethyl adjacent to an activating group) is 1. The van der Waals surface area contributed by atoms with Gasteiger partial charge in [0, 0.05) is 18.9 Å². The predicted octanol–water partition coefficient (Wildman–Crippen LogP) is 3.19. The Hall–Kier alpha value is -3.33. The third-order valence-electron chi connectivity index (χ3n) is 4.30. The fourth-order valence-electron chi connectivity index (χ4n) is 3.00. The van der Waals surface area contributed by atoms with Crippen LogP contribution in [-0.2, 0) is 4.79 Å². The predicted molar refractivity (Wildman–Crippen MR) is 115 cm³/mol. The third-order valence-corrected chi connectivity index (χ3v) is 4.91. The van der Waals surface area contributed by atoms with E-state index >= 15 is 0 Å². The van der Waals surface area contributed by atoms with Crippen LogP contribution in [0.1, 0.15) is 27.0 Å². The topological polar surface area (TPSA) is 100 Å². The SMILES string of the molecule is Cc1cc(C)c(NC(=O)CN(C)c2ccc(C(=O)Nc3nncs3)cn2)c(C)c1. The molecule has 0 aliphatic carbocycles. The smallest absolute Gasteiger partial charge is 0.259 e. The maximum Gasteiger partial charge on any atom is 0.259 e. The van der Waals surface area contributed by atoms with E-state index in [4.69, 9.17) is 0 Å². The number of hydrogen-bond donors (Lipinski definition) is 2. The summed E-state index contributed by atoms with van der Waals surface area (Å²) in [6, 6.07) is 7.44. The van der Waals surface area contributed by atoms with Crippen LogP contribution in [0.3, 0.4) is 0 Å². The van der Waals surface area contributed by atoms with E-state index in [1.165, 1.54) is 23.0 Å². The zero-order valence-electron chi connectivity index (χ0n) is 16.7. The highest BCUT2D eigenvalue weighted by molar-refractivity contribution is 7.13. The first-order chi connectivity index (χ1) is 13.8. The van der Waals surface area contributed by atoms with E-state index in [0.29, 0.717) is 16.5 Å². The van der Waals surface area contributed by atoms with Gasteiger partial charge in [-0.25, -0.2) is 4.98 Å². The fourth-order valence-corrected chi connectivity index (χ4v) is 3.44. The normalized spacial score (nSPS) is 10.5. The van der Waals surface area contributed by atoms with Crippen LogP contribution in [0, 0.1) is 20.8 Å². The number of carbonyl (C=O) groups excluding carboxylic acids is 2. The minimum atomic E-state index is -0.313. The number of nitrogens with zero attached hydrogens (tertiary/aromatic N) is 4. The molecule has 0 bridgehead atoms. The van der Waals surface area contributed by atoms with Crippen molar-refractivity contribution in [2.75, 3.05) is 29.1 Å². The number of pyridine rings is 1. The zero-order valence-corrected chi connectivity index (χ0v) is 17.5. The van der Waals surface area contributed by atoms with Crippen LogP contribution in [0.5, 0.6) is 0 Å². The molecule has 0 saturated heterocycles. The van der Waals surface area contributed by atoms with Crippen LogP contribution >= 0.6 is 11.3 Å². The molecular formula is C20H22N6O2S. The van der Waals surface area contributed by atoms with Gasteiger partial charge in [0.1, 0.15) is 11.3 Å². The summed E-state index contributed by atoms with van der Waals surface area (Å²) in [6.45, 7) is 6.12. The first-order valence-electron chi connectivity index (χ1n) is 8.96. The molecule has 2 N–H and O–H groups in total. The largest absolute Gasteiger partial charge is 0.350 e. The molecule has 150 valence electrons. The molecule has 3 aromatic rings. The molecule has 8 nitrogen and oxygen atoms in total. The average molecular weight is 411 g/mol. The van der Waals surface area contributed by atoms with Crippen LogP contribution in [0.15, 0.2) is 36.0 Å². The minimum absolute atomic E-state index is 0.135. The number of rotatable bonds is 6. The lowest BCUT2D eigenvalue weighted by molar-refractivity contribution is -0.114. The number of hydrogen-bond acceptors (Lipinski definition) is 7. The summed E-state index contributed by atoms with van der Waals surface area (Å²) in [6.07, 6.45) is 1.47. The second-order valence-electron chi connectivity index (χ2n) is 6.78. The summed E-state index contributed by atoms with van der Waals surface area (Å²) in [7, 11) is 1.78. The van der Waals surface area contributed by atoms with E-state index in [1.54, 1.807) is 24.1 Å². The monoisotopic (exact) mass is 410 g/mol. The summed E-state index contributed by atoms with van der Waals surface area (Å²) in [5.74, 6) is 0.138. The standard InChI is InChI=1S/C20H22N6O2S/c1-12-7-13(2)18(14(3)8-12)23-17(27)10-26(4)16-6-5-15(9-21-16)19(28)24-20-25-22-11-29-20/h5-9,11H,10H2,1-4H3,(H,23,27)(H,24,25,28). The van der Waals surface area contributed by atoms with E-state index < -0.39 is 0 Å². The first-order valence-corrected chi connectivity index (χ1v) is 9.84. The van der Waals surface area contributed by atoms with Crippen LogP contribution in [0.4, 0.5) is 16.6 Å². The number of amides is 2. The number of aromatic nitrogens is 3. The fraction of sp³-hybridized carbons (Fsp3) is 0.250. The first kappa shape index (κ1) is 20.4. The number of nitrogens with one attached hydrogen (secondary N) is 2. The molecular weight excluding hydrogens is 388 g/mol. The molecule has 0 aliphatic rings. The molecule has 0 saturated carbocycles. The molecule has 0 atom stereocenters. The van der Waals surface area contributed by atoms with Gasteiger partial charge in [-0.15, -0.1) is 10.2 Å². The van der Waals surface area contributed by atoms with Crippen molar-refractivity contribution in [2.24, 2.45) is 0 Å². The highest BCUT2D eigenvalue weighted by Crippen LogP contribution is 2.22. The second-order valence-corrected chi connectivity index (χ2v) is 7.61. The molecule has 0 radical (unpaired) electrons. The average Bonchev–Trinajstić information content (AvgIpc) is 3.17. The lowest BCUT2D eigenvalue weighted by Crippen LogP contribution is -2.31. The van der Waals surface area contributed by atoms with Crippen molar-refractivity contribution < 1.29 is 9.59 Å². The van der Waals surface area contributed by atoms with Gasteiger partial charge < -0.3 is 10.2 Å². The quantitative estimate of drug-likeness (QED) is 0.647. The lowest BCUT2D eigenvalue weighted by Gasteiger charge is -2.19. The van der Waals surface area contributed by atoms with E-state index in [1.807, 2.05) is 32.9 Å². The van der Waals surface area contributed by atoms with Crippen molar-refractivity contribution >= 4 is 39.8 Å². The zero-order chi connectivity index (χ0) is 21.0. The van der Waals surface area contributed by atoms with Gasteiger partial charge in [0.25, 0.3) is 5.91 Å². The third kappa shape index (κ3) is 5.14. The van der Waals surface area contributed by atoms with Gasteiger partial charge in [-0.3, -0.25) is 14.9 Å². The molecule has 0 spiro atoms. The van der Waals surface area contributed by atoms with Gasteiger partial charge in [0.2, 0.25) is 11.0 Å². The Labute approximate surface area is 173 Å².